The Morgan fingerprint density at radius 2 is 1.85 bits per heavy atom. The molecule has 1 aromatic carbocycles. The maximum Gasteiger partial charge on any atom is 0.276 e. The molecule has 1 fully saturated rings. The van der Waals surface area contributed by atoms with Crippen molar-refractivity contribution < 1.29 is 9.59 Å². The maximum absolute atomic E-state index is 13.3. The summed E-state index contributed by atoms with van der Waals surface area (Å²) in [5, 5.41) is 16.9. The summed E-state index contributed by atoms with van der Waals surface area (Å²) >= 11 is 1.55. The Morgan fingerprint density at radius 3 is 2.69 bits per heavy atom. The standard InChI is InChI=1S/C28H28N8O2S/c1-16-13-24-31-32-25(17(2)36(24)33-16)28(38)34-10-7-18(8-11-34)26-30-23(15-39-26)27(37)35-12-9-20-19-5-3-4-6-21(19)29-22(20)14-35/h3-6,13,15,18,29H,7-12,14H2,1-2H3. The molecule has 6 heterocycles. The molecule has 5 aromatic rings. The molecule has 10 nitrogen and oxygen atoms in total. The first-order valence-electron chi connectivity index (χ1n) is 13.3. The average molecular weight is 541 g/mol. The van der Waals surface area contributed by atoms with Gasteiger partial charge in [-0.2, -0.15) is 5.10 Å². The molecule has 0 saturated carbocycles. The summed E-state index contributed by atoms with van der Waals surface area (Å²) in [6.45, 7) is 6.22. The monoisotopic (exact) mass is 540 g/mol. The summed E-state index contributed by atoms with van der Waals surface area (Å²) in [7, 11) is 0. The molecule has 11 heteroatoms. The van der Waals surface area contributed by atoms with E-state index in [0.29, 0.717) is 48.9 Å². The topological polar surface area (TPSA) is 112 Å². The molecule has 1 saturated heterocycles. The molecule has 0 radical (unpaired) electrons. The van der Waals surface area contributed by atoms with Crippen LogP contribution in [0.25, 0.3) is 16.6 Å². The third kappa shape index (κ3) is 4.08. The van der Waals surface area contributed by atoms with E-state index >= 15 is 0 Å². The molecule has 0 bridgehead atoms. The number of nitrogens with zero attached hydrogens (tertiary/aromatic N) is 7. The minimum atomic E-state index is -0.120. The number of likely N-dealkylation sites (tertiary alicyclic amines) is 1. The van der Waals surface area contributed by atoms with Gasteiger partial charge in [0, 0.05) is 53.6 Å². The van der Waals surface area contributed by atoms with Crippen LogP contribution in [0.4, 0.5) is 0 Å². The van der Waals surface area contributed by atoms with Crippen molar-refractivity contribution in [2.75, 3.05) is 19.6 Å². The van der Waals surface area contributed by atoms with E-state index in [-0.39, 0.29) is 17.7 Å². The van der Waals surface area contributed by atoms with Crippen LogP contribution >= 0.6 is 11.3 Å². The second-order valence-electron chi connectivity index (χ2n) is 10.4. The number of amides is 2. The zero-order chi connectivity index (χ0) is 26.7. The number of thiazole rings is 1. The Morgan fingerprint density at radius 1 is 1.03 bits per heavy atom. The lowest BCUT2D eigenvalue weighted by Crippen LogP contribution is -2.39. The van der Waals surface area contributed by atoms with Gasteiger partial charge in [-0.1, -0.05) is 18.2 Å². The largest absolute Gasteiger partial charge is 0.357 e. The summed E-state index contributed by atoms with van der Waals surface area (Å²) < 4.78 is 1.68. The first kappa shape index (κ1) is 24.0. The highest BCUT2D eigenvalue weighted by atomic mass is 32.1. The Balaban J connectivity index is 1.01. The van der Waals surface area contributed by atoms with Gasteiger partial charge < -0.3 is 14.8 Å². The third-order valence-corrected chi connectivity index (χ3v) is 8.98. The van der Waals surface area contributed by atoms with Gasteiger partial charge in [0.25, 0.3) is 11.8 Å². The van der Waals surface area contributed by atoms with Crippen LogP contribution < -0.4 is 0 Å². The van der Waals surface area contributed by atoms with E-state index in [1.807, 2.05) is 41.2 Å². The molecule has 2 aliphatic heterocycles. The van der Waals surface area contributed by atoms with Gasteiger partial charge in [0.15, 0.2) is 11.3 Å². The van der Waals surface area contributed by atoms with Crippen molar-refractivity contribution in [2.45, 2.75) is 45.6 Å². The molecule has 0 atom stereocenters. The minimum Gasteiger partial charge on any atom is -0.357 e. The highest BCUT2D eigenvalue weighted by Gasteiger charge is 2.30. The number of aromatic amines is 1. The Hall–Kier alpha value is -4.12. The Bertz CT molecular complexity index is 1740. The minimum absolute atomic E-state index is 0.0206. The van der Waals surface area contributed by atoms with Gasteiger partial charge >= 0.3 is 0 Å². The predicted molar refractivity (Wildman–Crippen MR) is 147 cm³/mol. The maximum atomic E-state index is 13.3. The van der Waals surface area contributed by atoms with Crippen molar-refractivity contribution in [3.05, 3.63) is 74.8 Å². The summed E-state index contributed by atoms with van der Waals surface area (Å²) in [6.07, 6.45) is 2.43. The van der Waals surface area contributed by atoms with Crippen molar-refractivity contribution >= 4 is 39.7 Å². The lowest BCUT2D eigenvalue weighted by molar-refractivity contribution is 0.0703. The van der Waals surface area contributed by atoms with E-state index in [9.17, 15) is 9.59 Å². The van der Waals surface area contributed by atoms with Gasteiger partial charge in [0.1, 0.15) is 5.69 Å². The van der Waals surface area contributed by atoms with Gasteiger partial charge in [0.05, 0.1) is 22.9 Å². The van der Waals surface area contributed by atoms with Crippen LogP contribution in [-0.4, -0.2) is 71.0 Å². The fourth-order valence-corrected chi connectivity index (χ4v) is 6.82. The SMILES string of the molecule is Cc1cc2nnc(C(=O)N3CCC(c4nc(C(=O)N5CCc6c([nH]c7ccccc67)C5)cs4)CC3)c(C)n2n1. The van der Waals surface area contributed by atoms with Crippen LogP contribution in [0.15, 0.2) is 35.7 Å². The molecule has 4 aromatic heterocycles. The number of carbonyl (C=O) groups is 2. The zero-order valence-electron chi connectivity index (χ0n) is 21.8. The zero-order valence-corrected chi connectivity index (χ0v) is 22.7. The summed E-state index contributed by atoms with van der Waals surface area (Å²) in [4.78, 5) is 38.6. The number of aryl methyl sites for hydroxylation is 2. The van der Waals surface area contributed by atoms with Crippen LogP contribution in [-0.2, 0) is 13.0 Å². The number of hydrogen-bond donors (Lipinski definition) is 1. The fraction of sp³-hybridized carbons (Fsp3) is 0.357. The quantitative estimate of drug-likeness (QED) is 0.372. The Kier molecular flexibility index (Phi) is 5.69. The molecule has 2 aliphatic rings. The Labute approximate surface area is 228 Å². The molecule has 7 rings (SSSR count). The van der Waals surface area contributed by atoms with Gasteiger partial charge in [-0.3, -0.25) is 9.59 Å². The van der Waals surface area contributed by atoms with E-state index < -0.39 is 0 Å². The van der Waals surface area contributed by atoms with Gasteiger partial charge in [-0.15, -0.1) is 21.5 Å². The number of aromatic nitrogens is 6. The summed E-state index contributed by atoms with van der Waals surface area (Å²) in [6, 6.07) is 10.2. The van der Waals surface area contributed by atoms with E-state index in [0.717, 1.165) is 41.2 Å². The molecule has 2 amide bonds. The van der Waals surface area contributed by atoms with Gasteiger partial charge in [-0.25, -0.2) is 9.50 Å². The van der Waals surface area contributed by atoms with E-state index in [4.69, 9.17) is 4.98 Å². The summed E-state index contributed by atoms with van der Waals surface area (Å²) in [5.74, 6) is 0.0864. The number of nitrogens with one attached hydrogen (secondary N) is 1. The number of piperidine rings is 1. The van der Waals surface area contributed by atoms with E-state index in [2.05, 4.69) is 38.5 Å². The van der Waals surface area contributed by atoms with Crippen LogP contribution in [0, 0.1) is 13.8 Å². The molecule has 0 spiro atoms. The number of benzene rings is 1. The van der Waals surface area contributed by atoms with Crippen molar-refractivity contribution in [3.63, 3.8) is 0 Å². The fourth-order valence-electron chi connectivity index (χ4n) is 5.86. The van der Waals surface area contributed by atoms with Crippen LogP contribution in [0.5, 0.6) is 0 Å². The van der Waals surface area contributed by atoms with Gasteiger partial charge in [-0.05, 0) is 44.7 Å². The number of carbonyl (C=O) groups excluding carboxylic acids is 2. The second kappa shape index (κ2) is 9.26. The second-order valence-corrected chi connectivity index (χ2v) is 11.3. The highest BCUT2D eigenvalue weighted by molar-refractivity contribution is 7.09. The highest BCUT2D eigenvalue weighted by Crippen LogP contribution is 2.32. The third-order valence-electron chi connectivity index (χ3n) is 7.97. The van der Waals surface area contributed by atoms with E-state index in [1.165, 1.54) is 10.9 Å². The molecule has 39 heavy (non-hydrogen) atoms. The van der Waals surface area contributed by atoms with Crippen molar-refractivity contribution in [1.82, 2.24) is 39.6 Å². The number of fused-ring (bicyclic) bond motifs is 4. The number of H-pyrrole nitrogens is 1. The molecule has 198 valence electrons. The first-order chi connectivity index (χ1) is 19.0. The molecule has 1 N–H and O–H groups in total. The normalized spacial score (nSPS) is 16.3. The van der Waals surface area contributed by atoms with Gasteiger partial charge in [0.2, 0.25) is 0 Å². The van der Waals surface area contributed by atoms with E-state index in [1.54, 1.807) is 15.9 Å². The van der Waals surface area contributed by atoms with Crippen molar-refractivity contribution in [1.29, 1.82) is 0 Å². The van der Waals surface area contributed by atoms with Crippen molar-refractivity contribution in [2.24, 2.45) is 0 Å². The first-order valence-corrected chi connectivity index (χ1v) is 14.2. The van der Waals surface area contributed by atoms with Crippen LogP contribution in [0.1, 0.15) is 67.4 Å². The lowest BCUT2D eigenvalue weighted by atomic mass is 9.97. The molecular formula is C28H28N8O2S. The smallest absolute Gasteiger partial charge is 0.276 e. The molecule has 0 unspecified atom stereocenters. The molecule has 0 aliphatic carbocycles. The number of para-hydroxylation sites is 1. The van der Waals surface area contributed by atoms with Crippen LogP contribution in [0.3, 0.4) is 0 Å². The van der Waals surface area contributed by atoms with Crippen molar-refractivity contribution in [3.8, 4) is 0 Å². The average Bonchev–Trinajstić information content (AvgIpc) is 3.69. The number of hydrogen-bond acceptors (Lipinski definition) is 7. The lowest BCUT2D eigenvalue weighted by Gasteiger charge is -2.31. The number of rotatable bonds is 3. The van der Waals surface area contributed by atoms with Crippen LogP contribution in [0.2, 0.25) is 0 Å². The molecular weight excluding hydrogens is 512 g/mol. The predicted octanol–water partition coefficient (Wildman–Crippen LogP) is 3.90. The summed E-state index contributed by atoms with van der Waals surface area (Å²) in [5.41, 5.74) is 6.58.